The summed E-state index contributed by atoms with van der Waals surface area (Å²) < 4.78 is 0. The van der Waals surface area contributed by atoms with E-state index in [0.29, 0.717) is 0 Å². The minimum absolute atomic E-state index is 1.09. The molecule has 0 amide bonds. The first kappa shape index (κ1) is 7.52. The van der Waals surface area contributed by atoms with Crippen LogP contribution in [0.1, 0.15) is 0 Å². The summed E-state index contributed by atoms with van der Waals surface area (Å²) >= 11 is 0. The number of hydrogen-bond donors (Lipinski definition) is 3. The molecule has 6 heteroatoms. The van der Waals surface area contributed by atoms with Crippen molar-refractivity contribution in [3.63, 3.8) is 0 Å². The van der Waals surface area contributed by atoms with E-state index in [9.17, 15) is 9.59 Å². The van der Waals surface area contributed by atoms with E-state index in [4.69, 9.17) is 10.2 Å². The number of carbonyl (C=O) groups is 2. The molecule has 1 aliphatic heterocycles. The topological polar surface area (TPSA) is 99.0 Å². The lowest BCUT2D eigenvalue weighted by Crippen LogP contribution is -2.43. The summed E-state index contributed by atoms with van der Waals surface area (Å²) in [5, 5.41) is 19.2. The molecule has 0 aliphatic carbocycles. The molecule has 0 saturated heterocycles. The molecular weight excluding hydrogens is 152 g/mol. The first-order valence-electron chi connectivity index (χ1n) is 2.86. The number of hydrogen-bond acceptors (Lipinski definition) is 4. The van der Waals surface area contributed by atoms with Crippen LogP contribution >= 0.6 is 0 Å². The Labute approximate surface area is 61.5 Å². The summed E-state index contributed by atoms with van der Waals surface area (Å²) in [6, 6.07) is -2.33. The molecule has 3 N–H and O–H groups in total. The quantitative estimate of drug-likeness (QED) is 0.455. The fourth-order valence-electron chi connectivity index (χ4n) is 0.794. The van der Waals surface area contributed by atoms with Crippen LogP contribution in [0, 0.1) is 0 Å². The monoisotopic (exact) mass is 158 g/mol. The Morgan fingerprint density at radius 2 is 2.00 bits per heavy atom. The van der Waals surface area contributed by atoms with Crippen LogP contribution in [-0.2, 0) is 9.59 Å². The van der Waals surface area contributed by atoms with E-state index in [0.717, 1.165) is 6.34 Å². The Morgan fingerprint density at radius 1 is 1.36 bits per heavy atom. The van der Waals surface area contributed by atoms with Crippen LogP contribution in [0.3, 0.4) is 0 Å². The van der Waals surface area contributed by atoms with E-state index in [1.54, 1.807) is 0 Å². The van der Waals surface area contributed by atoms with Crippen molar-refractivity contribution in [3.8, 4) is 0 Å². The number of rotatable bonds is 2. The van der Waals surface area contributed by atoms with E-state index in [1.165, 1.54) is 0 Å². The average molecular weight is 158 g/mol. The van der Waals surface area contributed by atoms with Gasteiger partial charge < -0.3 is 15.5 Å². The molecule has 0 aromatic carbocycles. The van der Waals surface area contributed by atoms with Gasteiger partial charge in [-0.2, -0.15) is 0 Å². The van der Waals surface area contributed by atoms with Crippen molar-refractivity contribution in [3.05, 3.63) is 0 Å². The molecule has 0 bridgehead atoms. The standard InChI is InChI=1S/C5H6N2O4/c8-4(9)2-3(5(10)11)7-1-6-2/h1-3H,(H,6,7)(H,8,9)(H,10,11). The van der Waals surface area contributed by atoms with Crippen LogP contribution in [0.15, 0.2) is 4.99 Å². The van der Waals surface area contributed by atoms with E-state index < -0.39 is 24.0 Å². The smallest absolute Gasteiger partial charge is 0.331 e. The van der Waals surface area contributed by atoms with Crippen LogP contribution in [0.25, 0.3) is 0 Å². The maximum absolute atomic E-state index is 10.3. The minimum Gasteiger partial charge on any atom is -0.480 e. The molecule has 0 fully saturated rings. The Bertz CT molecular complexity index is 225. The van der Waals surface area contributed by atoms with Gasteiger partial charge in [0.1, 0.15) is 0 Å². The number of carboxylic acid groups (broad SMARTS) is 2. The third-order valence-corrected chi connectivity index (χ3v) is 1.32. The number of nitrogens with zero attached hydrogens (tertiary/aromatic N) is 1. The van der Waals surface area contributed by atoms with Crippen molar-refractivity contribution >= 4 is 18.3 Å². The predicted molar refractivity (Wildman–Crippen MR) is 34.5 cm³/mol. The lowest BCUT2D eigenvalue weighted by Gasteiger charge is -2.08. The largest absolute Gasteiger partial charge is 0.480 e. The number of nitrogens with one attached hydrogen (secondary N) is 1. The van der Waals surface area contributed by atoms with Crippen LogP contribution in [-0.4, -0.2) is 40.6 Å². The van der Waals surface area contributed by atoms with E-state index >= 15 is 0 Å². The lowest BCUT2D eigenvalue weighted by atomic mass is 10.1. The molecule has 1 rings (SSSR count). The van der Waals surface area contributed by atoms with E-state index in [2.05, 4.69) is 10.3 Å². The van der Waals surface area contributed by atoms with E-state index in [-0.39, 0.29) is 0 Å². The molecule has 0 spiro atoms. The van der Waals surface area contributed by atoms with Crippen LogP contribution < -0.4 is 5.32 Å². The molecule has 6 nitrogen and oxygen atoms in total. The summed E-state index contributed by atoms with van der Waals surface area (Å²) in [5.41, 5.74) is 0. The van der Waals surface area contributed by atoms with Gasteiger partial charge in [-0.25, -0.2) is 9.59 Å². The molecular formula is C5H6N2O4. The molecule has 0 radical (unpaired) electrons. The molecule has 1 heterocycles. The van der Waals surface area contributed by atoms with Gasteiger partial charge in [0.05, 0.1) is 6.34 Å². The van der Waals surface area contributed by atoms with Gasteiger partial charge >= 0.3 is 11.9 Å². The number of carboxylic acids is 2. The maximum atomic E-state index is 10.3. The van der Waals surface area contributed by atoms with Crippen LogP contribution in [0.5, 0.6) is 0 Å². The normalized spacial score (nSPS) is 28.0. The fraction of sp³-hybridized carbons (Fsp3) is 0.400. The molecule has 0 saturated carbocycles. The fourth-order valence-corrected chi connectivity index (χ4v) is 0.794. The second-order valence-electron chi connectivity index (χ2n) is 2.04. The Hall–Kier alpha value is -1.59. The van der Waals surface area contributed by atoms with Gasteiger partial charge in [0.25, 0.3) is 0 Å². The summed E-state index contributed by atoms with van der Waals surface area (Å²) in [6.45, 7) is 0. The van der Waals surface area contributed by atoms with Gasteiger partial charge in [0.2, 0.25) is 0 Å². The first-order chi connectivity index (χ1) is 5.13. The molecule has 2 unspecified atom stereocenters. The van der Waals surface area contributed by atoms with Crippen molar-refractivity contribution < 1.29 is 19.8 Å². The lowest BCUT2D eigenvalue weighted by molar-refractivity contribution is -0.146. The van der Waals surface area contributed by atoms with Gasteiger partial charge in [-0.3, -0.25) is 4.99 Å². The molecule has 60 valence electrons. The molecule has 0 aromatic rings. The SMILES string of the molecule is O=C(O)C1N=CNC1C(=O)O. The zero-order valence-corrected chi connectivity index (χ0v) is 5.39. The van der Waals surface area contributed by atoms with Crippen LogP contribution in [0.4, 0.5) is 0 Å². The van der Waals surface area contributed by atoms with E-state index in [1.807, 2.05) is 0 Å². The van der Waals surface area contributed by atoms with Gasteiger partial charge in [-0.15, -0.1) is 0 Å². The van der Waals surface area contributed by atoms with Gasteiger partial charge in [-0.05, 0) is 0 Å². The second-order valence-corrected chi connectivity index (χ2v) is 2.04. The Balaban J connectivity index is 2.71. The van der Waals surface area contributed by atoms with Crippen molar-refractivity contribution in [2.24, 2.45) is 4.99 Å². The Kier molecular flexibility index (Phi) is 1.75. The third-order valence-electron chi connectivity index (χ3n) is 1.32. The minimum atomic E-state index is -1.24. The highest BCUT2D eigenvalue weighted by molar-refractivity contribution is 5.90. The predicted octanol–water partition coefficient (Wildman–Crippen LogP) is -1.48. The number of aliphatic imine (C=N–C) groups is 1. The second kappa shape index (κ2) is 2.57. The zero-order valence-electron chi connectivity index (χ0n) is 5.39. The van der Waals surface area contributed by atoms with Crippen molar-refractivity contribution in [2.45, 2.75) is 12.1 Å². The molecule has 0 aromatic heterocycles. The summed E-state index contributed by atoms with van der Waals surface area (Å²) in [4.78, 5) is 24.0. The van der Waals surface area contributed by atoms with Crippen LogP contribution in [0.2, 0.25) is 0 Å². The highest BCUT2D eigenvalue weighted by atomic mass is 16.4. The van der Waals surface area contributed by atoms with Gasteiger partial charge in [0.15, 0.2) is 12.1 Å². The zero-order chi connectivity index (χ0) is 8.43. The van der Waals surface area contributed by atoms with Gasteiger partial charge in [-0.1, -0.05) is 0 Å². The first-order valence-corrected chi connectivity index (χ1v) is 2.86. The maximum Gasteiger partial charge on any atom is 0.331 e. The Morgan fingerprint density at radius 3 is 2.36 bits per heavy atom. The van der Waals surface area contributed by atoms with Crippen molar-refractivity contribution in [2.75, 3.05) is 0 Å². The molecule has 2 atom stereocenters. The van der Waals surface area contributed by atoms with Crippen molar-refractivity contribution in [1.82, 2.24) is 5.32 Å². The number of aliphatic carboxylic acids is 2. The summed E-state index contributed by atoms with van der Waals surface area (Å²) in [6.07, 6.45) is 1.09. The van der Waals surface area contributed by atoms with Gasteiger partial charge in [0, 0.05) is 0 Å². The molecule has 1 aliphatic rings. The average Bonchev–Trinajstić information content (AvgIpc) is 2.32. The molecule has 11 heavy (non-hydrogen) atoms. The van der Waals surface area contributed by atoms with Crippen molar-refractivity contribution in [1.29, 1.82) is 0 Å². The highest BCUT2D eigenvalue weighted by Gasteiger charge is 2.35. The third kappa shape index (κ3) is 1.28. The summed E-state index contributed by atoms with van der Waals surface area (Å²) in [7, 11) is 0. The highest BCUT2D eigenvalue weighted by Crippen LogP contribution is 2.03. The summed E-state index contributed by atoms with van der Waals surface area (Å²) in [5.74, 6) is -2.45.